The summed E-state index contributed by atoms with van der Waals surface area (Å²) in [5.74, 6) is 0.240. The number of likely N-dealkylation sites (tertiary alicyclic amines) is 1. The molecule has 1 aromatic heterocycles. The third-order valence-corrected chi connectivity index (χ3v) is 3.88. The summed E-state index contributed by atoms with van der Waals surface area (Å²) in [5.41, 5.74) is -0.239. The van der Waals surface area contributed by atoms with Gasteiger partial charge in [0.25, 0.3) is 5.91 Å². The van der Waals surface area contributed by atoms with Gasteiger partial charge in [-0.05, 0) is 24.8 Å². The van der Waals surface area contributed by atoms with E-state index < -0.39 is 5.60 Å². The highest BCUT2D eigenvalue weighted by molar-refractivity contribution is 6.33. The lowest BCUT2D eigenvalue weighted by Gasteiger charge is -2.47. The Kier molecular flexibility index (Phi) is 2.38. The van der Waals surface area contributed by atoms with Crippen LogP contribution in [-0.2, 0) is 0 Å². The lowest BCUT2D eigenvalue weighted by Crippen LogP contribution is -2.64. The van der Waals surface area contributed by atoms with Crippen molar-refractivity contribution in [3.63, 3.8) is 0 Å². The molecular formula is C12H13ClN2O2. The van der Waals surface area contributed by atoms with Gasteiger partial charge in [-0.2, -0.15) is 0 Å². The second kappa shape index (κ2) is 3.68. The van der Waals surface area contributed by atoms with Crippen LogP contribution in [0, 0.1) is 5.92 Å². The van der Waals surface area contributed by atoms with Crippen LogP contribution in [0.3, 0.4) is 0 Å². The van der Waals surface area contributed by atoms with E-state index in [1.54, 1.807) is 17.2 Å². The Labute approximate surface area is 104 Å². The van der Waals surface area contributed by atoms with Crippen molar-refractivity contribution in [2.24, 2.45) is 5.92 Å². The highest BCUT2D eigenvalue weighted by atomic mass is 35.5. The molecule has 4 nitrogen and oxygen atoms in total. The van der Waals surface area contributed by atoms with Gasteiger partial charge in [-0.25, -0.2) is 0 Å². The van der Waals surface area contributed by atoms with E-state index in [4.69, 9.17) is 11.6 Å². The van der Waals surface area contributed by atoms with Gasteiger partial charge in [-0.1, -0.05) is 11.6 Å². The van der Waals surface area contributed by atoms with Gasteiger partial charge in [0.1, 0.15) is 5.60 Å². The maximum Gasteiger partial charge on any atom is 0.257 e. The number of aliphatic hydroxyl groups is 1. The van der Waals surface area contributed by atoms with Crippen molar-refractivity contribution in [1.29, 1.82) is 0 Å². The van der Waals surface area contributed by atoms with Gasteiger partial charge >= 0.3 is 0 Å². The van der Waals surface area contributed by atoms with Crippen LogP contribution in [0.4, 0.5) is 0 Å². The van der Waals surface area contributed by atoms with Gasteiger partial charge in [-0.3, -0.25) is 9.78 Å². The molecule has 5 heteroatoms. The van der Waals surface area contributed by atoms with Gasteiger partial charge in [0.2, 0.25) is 0 Å². The zero-order valence-electron chi connectivity index (χ0n) is 9.27. The van der Waals surface area contributed by atoms with E-state index in [0.717, 1.165) is 12.8 Å². The first-order valence-corrected chi connectivity index (χ1v) is 6.09. The molecule has 2 heterocycles. The number of pyridine rings is 1. The van der Waals surface area contributed by atoms with E-state index in [0.29, 0.717) is 29.6 Å². The number of hydrogen-bond donors (Lipinski definition) is 1. The number of hydrogen-bond acceptors (Lipinski definition) is 3. The number of rotatable bonds is 2. The summed E-state index contributed by atoms with van der Waals surface area (Å²) in [6.45, 7) is 0.837. The minimum Gasteiger partial charge on any atom is -0.386 e. The van der Waals surface area contributed by atoms with Gasteiger partial charge < -0.3 is 10.0 Å². The molecule has 2 aliphatic rings. The highest BCUT2D eigenvalue weighted by Gasteiger charge is 2.53. The fourth-order valence-electron chi connectivity index (χ4n) is 2.34. The Balaban J connectivity index is 1.71. The maximum absolute atomic E-state index is 12.1. The van der Waals surface area contributed by atoms with Crippen molar-refractivity contribution >= 4 is 17.5 Å². The van der Waals surface area contributed by atoms with E-state index in [2.05, 4.69) is 4.98 Å². The molecule has 1 amide bonds. The van der Waals surface area contributed by atoms with Gasteiger partial charge in [0.05, 0.1) is 23.7 Å². The van der Waals surface area contributed by atoms with Crippen molar-refractivity contribution in [3.8, 4) is 0 Å². The normalized spacial score (nSPS) is 22.1. The number of nitrogens with zero attached hydrogens (tertiary/aromatic N) is 2. The topological polar surface area (TPSA) is 53.4 Å². The first-order valence-electron chi connectivity index (χ1n) is 5.71. The molecule has 2 fully saturated rings. The summed E-state index contributed by atoms with van der Waals surface area (Å²) in [5, 5.41) is 10.6. The molecule has 0 spiro atoms. The van der Waals surface area contributed by atoms with Gasteiger partial charge in [0.15, 0.2) is 0 Å². The summed E-state index contributed by atoms with van der Waals surface area (Å²) >= 11 is 5.94. The van der Waals surface area contributed by atoms with Crippen LogP contribution in [0.15, 0.2) is 18.5 Å². The third-order valence-electron chi connectivity index (χ3n) is 3.55. The third kappa shape index (κ3) is 1.81. The molecule has 1 saturated carbocycles. The Morgan fingerprint density at radius 2 is 2.24 bits per heavy atom. The van der Waals surface area contributed by atoms with Crippen molar-refractivity contribution in [3.05, 3.63) is 29.0 Å². The largest absolute Gasteiger partial charge is 0.386 e. The zero-order valence-corrected chi connectivity index (χ0v) is 10.0. The van der Waals surface area contributed by atoms with Crippen LogP contribution in [0.25, 0.3) is 0 Å². The summed E-state index contributed by atoms with van der Waals surface area (Å²) in [6.07, 6.45) is 5.17. The van der Waals surface area contributed by atoms with Crippen molar-refractivity contribution in [2.45, 2.75) is 18.4 Å². The van der Waals surface area contributed by atoms with E-state index in [-0.39, 0.29) is 5.91 Å². The van der Waals surface area contributed by atoms with E-state index in [1.807, 2.05) is 0 Å². The van der Waals surface area contributed by atoms with Crippen LogP contribution < -0.4 is 0 Å². The lowest BCUT2D eigenvalue weighted by molar-refractivity contribution is -0.0958. The highest BCUT2D eigenvalue weighted by Crippen LogP contribution is 2.44. The standard InChI is InChI=1S/C12H13ClN2O2/c13-10-3-4-14-5-9(10)11(16)15-6-12(17,7-15)8-1-2-8/h3-5,8,17H,1-2,6-7H2. The predicted octanol–water partition coefficient (Wildman–Crippen LogP) is 1.33. The number of halogens is 1. The van der Waals surface area contributed by atoms with Crippen molar-refractivity contribution in [1.82, 2.24) is 9.88 Å². The number of β-amino-alcohol motifs (C(OH)–C–C–N with tert-alkyl or cyclic N) is 1. The summed E-state index contributed by atoms with van der Waals surface area (Å²) in [6, 6.07) is 1.60. The summed E-state index contributed by atoms with van der Waals surface area (Å²) in [4.78, 5) is 17.6. The number of amides is 1. The van der Waals surface area contributed by atoms with Crippen LogP contribution >= 0.6 is 11.6 Å². The minimum absolute atomic E-state index is 0.145. The molecule has 1 N–H and O–H groups in total. The molecule has 3 rings (SSSR count). The molecule has 0 atom stereocenters. The minimum atomic E-state index is -0.648. The van der Waals surface area contributed by atoms with E-state index in [9.17, 15) is 9.90 Å². The Morgan fingerprint density at radius 3 is 2.82 bits per heavy atom. The average Bonchev–Trinajstić information content (AvgIpc) is 3.08. The van der Waals surface area contributed by atoms with Crippen molar-refractivity contribution in [2.75, 3.05) is 13.1 Å². The first kappa shape index (κ1) is 11.0. The smallest absolute Gasteiger partial charge is 0.257 e. The molecule has 0 radical (unpaired) electrons. The maximum atomic E-state index is 12.1. The zero-order chi connectivity index (χ0) is 12.0. The molecule has 0 aromatic carbocycles. The second-order valence-corrected chi connectivity index (χ2v) is 5.30. The van der Waals surface area contributed by atoms with E-state index >= 15 is 0 Å². The Morgan fingerprint density at radius 1 is 1.53 bits per heavy atom. The average molecular weight is 253 g/mol. The molecule has 1 aliphatic carbocycles. The van der Waals surface area contributed by atoms with E-state index in [1.165, 1.54) is 6.20 Å². The van der Waals surface area contributed by atoms with Crippen molar-refractivity contribution < 1.29 is 9.90 Å². The SMILES string of the molecule is O=C(c1cnccc1Cl)N1CC(O)(C2CC2)C1. The molecule has 1 aliphatic heterocycles. The molecule has 0 unspecified atom stereocenters. The lowest BCUT2D eigenvalue weighted by atomic mass is 9.88. The Hall–Kier alpha value is -1.13. The second-order valence-electron chi connectivity index (χ2n) is 4.89. The van der Waals surface area contributed by atoms with Gasteiger partial charge in [0, 0.05) is 12.4 Å². The number of carbonyl (C=O) groups excluding carboxylic acids is 1. The van der Waals surface area contributed by atoms with Crippen LogP contribution in [0.1, 0.15) is 23.2 Å². The fraction of sp³-hybridized carbons (Fsp3) is 0.500. The van der Waals surface area contributed by atoms with Crippen LogP contribution in [-0.4, -0.2) is 39.6 Å². The van der Waals surface area contributed by atoms with Gasteiger partial charge in [-0.15, -0.1) is 0 Å². The van der Waals surface area contributed by atoms with Crippen LogP contribution in [0.2, 0.25) is 5.02 Å². The first-order chi connectivity index (χ1) is 8.10. The summed E-state index contributed by atoms with van der Waals surface area (Å²) < 4.78 is 0. The number of aromatic nitrogens is 1. The molecule has 1 aromatic rings. The fourth-order valence-corrected chi connectivity index (χ4v) is 2.53. The predicted molar refractivity (Wildman–Crippen MR) is 62.8 cm³/mol. The van der Waals surface area contributed by atoms with Crippen LogP contribution in [0.5, 0.6) is 0 Å². The number of carbonyl (C=O) groups is 1. The monoisotopic (exact) mass is 252 g/mol. The molecule has 0 bridgehead atoms. The Bertz CT molecular complexity index is 467. The molecule has 1 saturated heterocycles. The molecule has 17 heavy (non-hydrogen) atoms. The molecule has 90 valence electrons. The summed E-state index contributed by atoms with van der Waals surface area (Å²) in [7, 11) is 0. The quantitative estimate of drug-likeness (QED) is 0.864. The molecular weight excluding hydrogens is 240 g/mol.